The summed E-state index contributed by atoms with van der Waals surface area (Å²) in [7, 11) is 0. The molecule has 0 fully saturated rings. The third-order valence-electron chi connectivity index (χ3n) is 2.86. The normalized spacial score (nSPS) is 10.5. The lowest BCUT2D eigenvalue weighted by Gasteiger charge is -2.08. The fourth-order valence-electron chi connectivity index (χ4n) is 1.93. The highest BCUT2D eigenvalue weighted by atomic mass is 35.5. The molecule has 0 bridgehead atoms. The summed E-state index contributed by atoms with van der Waals surface area (Å²) in [6.45, 7) is 5.36. The van der Waals surface area contributed by atoms with Gasteiger partial charge in [0, 0.05) is 5.56 Å². The fraction of sp³-hybridized carbons (Fsp3) is 0.231. The Morgan fingerprint density at radius 3 is 2.53 bits per heavy atom. The van der Waals surface area contributed by atoms with Crippen LogP contribution in [0.4, 0.5) is 5.69 Å². The second-order valence-electron chi connectivity index (χ2n) is 4.35. The van der Waals surface area contributed by atoms with E-state index in [2.05, 4.69) is 9.97 Å². The summed E-state index contributed by atoms with van der Waals surface area (Å²) in [6, 6.07) is 5.71. The molecule has 1 aromatic heterocycles. The van der Waals surface area contributed by atoms with Crippen molar-refractivity contribution in [2.75, 3.05) is 0 Å². The summed E-state index contributed by atoms with van der Waals surface area (Å²) in [4.78, 5) is 18.6. The van der Waals surface area contributed by atoms with Crippen LogP contribution in [-0.2, 0) is 0 Å². The minimum atomic E-state index is -0.469. The van der Waals surface area contributed by atoms with Crippen LogP contribution in [0.2, 0.25) is 5.28 Å². The zero-order valence-electron chi connectivity index (χ0n) is 10.8. The molecule has 1 aromatic carbocycles. The van der Waals surface area contributed by atoms with Crippen LogP contribution in [-0.4, -0.2) is 14.9 Å². The topological polar surface area (TPSA) is 68.9 Å². The van der Waals surface area contributed by atoms with Crippen LogP contribution >= 0.6 is 11.6 Å². The van der Waals surface area contributed by atoms with E-state index >= 15 is 0 Å². The van der Waals surface area contributed by atoms with Crippen LogP contribution in [0.25, 0.3) is 11.3 Å². The maximum Gasteiger partial charge on any atom is 0.316 e. The molecule has 5 nitrogen and oxygen atoms in total. The van der Waals surface area contributed by atoms with Crippen molar-refractivity contribution in [3.05, 3.63) is 50.4 Å². The number of hydrogen-bond donors (Lipinski definition) is 0. The number of rotatable bonds is 2. The lowest BCUT2D eigenvalue weighted by Crippen LogP contribution is -2.02. The van der Waals surface area contributed by atoms with E-state index in [1.54, 1.807) is 6.92 Å². The van der Waals surface area contributed by atoms with Gasteiger partial charge in [0.2, 0.25) is 5.28 Å². The number of aryl methyl sites for hydroxylation is 3. The molecule has 0 radical (unpaired) electrons. The number of nitro groups is 1. The maximum atomic E-state index is 11.2. The molecular formula is C13H12ClN3O2. The van der Waals surface area contributed by atoms with Crippen LogP contribution in [0.3, 0.4) is 0 Å². The number of hydrogen-bond acceptors (Lipinski definition) is 4. The molecule has 0 unspecified atom stereocenters. The fourth-order valence-corrected chi connectivity index (χ4v) is 2.14. The van der Waals surface area contributed by atoms with E-state index in [0.29, 0.717) is 5.56 Å². The van der Waals surface area contributed by atoms with E-state index in [0.717, 1.165) is 11.1 Å². The van der Waals surface area contributed by atoms with Crippen LogP contribution < -0.4 is 0 Å². The van der Waals surface area contributed by atoms with Gasteiger partial charge in [-0.2, -0.15) is 0 Å². The second kappa shape index (κ2) is 4.93. The zero-order chi connectivity index (χ0) is 14.2. The molecule has 98 valence electrons. The monoisotopic (exact) mass is 277 g/mol. The Bertz CT molecular complexity index is 671. The molecule has 0 aliphatic carbocycles. The number of benzene rings is 1. The molecular weight excluding hydrogens is 266 g/mol. The van der Waals surface area contributed by atoms with Gasteiger partial charge >= 0.3 is 5.69 Å². The lowest BCUT2D eigenvalue weighted by molar-refractivity contribution is -0.385. The molecule has 19 heavy (non-hydrogen) atoms. The molecule has 0 spiro atoms. The molecule has 0 aliphatic heterocycles. The minimum Gasteiger partial charge on any atom is -0.258 e. The van der Waals surface area contributed by atoms with Gasteiger partial charge in [0.25, 0.3) is 0 Å². The molecule has 0 saturated carbocycles. The first-order valence-corrected chi connectivity index (χ1v) is 6.04. The van der Waals surface area contributed by atoms with Crippen LogP contribution in [0.1, 0.15) is 16.8 Å². The Hall–Kier alpha value is -2.01. The third-order valence-corrected chi connectivity index (χ3v) is 3.03. The van der Waals surface area contributed by atoms with Gasteiger partial charge in [-0.3, -0.25) is 10.1 Å². The summed E-state index contributed by atoms with van der Waals surface area (Å²) < 4.78 is 0. The Kier molecular flexibility index (Phi) is 3.48. The molecule has 0 aliphatic rings. The van der Waals surface area contributed by atoms with Crippen molar-refractivity contribution in [3.8, 4) is 11.3 Å². The predicted molar refractivity (Wildman–Crippen MR) is 73.3 cm³/mol. The number of halogens is 1. The van der Waals surface area contributed by atoms with E-state index in [-0.39, 0.29) is 22.4 Å². The summed E-state index contributed by atoms with van der Waals surface area (Å²) in [5.41, 5.74) is 3.05. The van der Waals surface area contributed by atoms with Crippen LogP contribution in [0.15, 0.2) is 18.2 Å². The highest BCUT2D eigenvalue weighted by Gasteiger charge is 2.23. The molecule has 1 heterocycles. The molecule has 0 N–H and O–H groups in total. The summed E-state index contributed by atoms with van der Waals surface area (Å²) >= 11 is 5.82. The van der Waals surface area contributed by atoms with Crippen LogP contribution in [0.5, 0.6) is 0 Å². The van der Waals surface area contributed by atoms with Gasteiger partial charge in [0.15, 0.2) is 5.69 Å². The van der Waals surface area contributed by atoms with E-state index in [1.165, 1.54) is 0 Å². The minimum absolute atomic E-state index is 0.0130. The SMILES string of the molecule is Cc1ccc(C)c(-c2nc(Cl)nc(C)c2[N+](=O)[O-])c1. The smallest absolute Gasteiger partial charge is 0.258 e. The van der Waals surface area contributed by atoms with Crippen molar-refractivity contribution in [1.82, 2.24) is 9.97 Å². The van der Waals surface area contributed by atoms with Gasteiger partial charge in [0.1, 0.15) is 5.69 Å². The molecule has 2 rings (SSSR count). The molecule has 2 aromatic rings. The highest BCUT2D eigenvalue weighted by Crippen LogP contribution is 2.33. The van der Waals surface area contributed by atoms with Gasteiger partial charge in [-0.15, -0.1) is 0 Å². The summed E-state index contributed by atoms with van der Waals surface area (Å²) in [5, 5.41) is 11.2. The quantitative estimate of drug-likeness (QED) is 0.477. The predicted octanol–water partition coefficient (Wildman–Crippen LogP) is 3.63. The van der Waals surface area contributed by atoms with Gasteiger partial charge in [-0.25, -0.2) is 9.97 Å². The Morgan fingerprint density at radius 2 is 1.89 bits per heavy atom. The number of aromatic nitrogens is 2. The van der Waals surface area contributed by atoms with Crippen molar-refractivity contribution < 1.29 is 4.92 Å². The standard InChI is InChI=1S/C13H12ClN3O2/c1-7-4-5-8(2)10(6-7)11-12(17(18)19)9(3)15-13(14)16-11/h4-6H,1-3H3. The molecule has 0 amide bonds. The van der Waals surface area contributed by atoms with E-state index < -0.39 is 4.92 Å². The summed E-state index contributed by atoms with van der Waals surface area (Å²) in [5.74, 6) is 0. The number of nitrogens with zero attached hydrogens (tertiary/aromatic N) is 3. The molecule has 0 saturated heterocycles. The zero-order valence-corrected chi connectivity index (χ0v) is 11.5. The largest absolute Gasteiger partial charge is 0.316 e. The van der Waals surface area contributed by atoms with E-state index in [9.17, 15) is 10.1 Å². The van der Waals surface area contributed by atoms with Crippen LogP contribution in [0, 0.1) is 30.9 Å². The van der Waals surface area contributed by atoms with Gasteiger partial charge in [0.05, 0.1) is 4.92 Å². The second-order valence-corrected chi connectivity index (χ2v) is 4.69. The maximum absolute atomic E-state index is 11.2. The van der Waals surface area contributed by atoms with Crippen molar-refractivity contribution in [2.24, 2.45) is 0 Å². The lowest BCUT2D eigenvalue weighted by atomic mass is 10.0. The first-order valence-electron chi connectivity index (χ1n) is 5.66. The van der Waals surface area contributed by atoms with E-state index in [4.69, 9.17) is 11.6 Å². The Labute approximate surface area is 115 Å². The Morgan fingerprint density at radius 1 is 1.21 bits per heavy atom. The average Bonchev–Trinajstić information content (AvgIpc) is 2.30. The van der Waals surface area contributed by atoms with Gasteiger partial charge in [-0.05, 0) is 44.0 Å². The first kappa shape index (κ1) is 13.4. The summed E-state index contributed by atoms with van der Waals surface area (Å²) in [6.07, 6.45) is 0. The van der Waals surface area contributed by atoms with Crippen molar-refractivity contribution >= 4 is 17.3 Å². The van der Waals surface area contributed by atoms with Gasteiger partial charge < -0.3 is 0 Å². The van der Waals surface area contributed by atoms with Crippen molar-refractivity contribution in [1.29, 1.82) is 0 Å². The average molecular weight is 278 g/mol. The van der Waals surface area contributed by atoms with Crippen molar-refractivity contribution in [2.45, 2.75) is 20.8 Å². The van der Waals surface area contributed by atoms with E-state index in [1.807, 2.05) is 32.0 Å². The highest BCUT2D eigenvalue weighted by molar-refractivity contribution is 6.28. The Balaban J connectivity index is 2.81. The molecule has 6 heteroatoms. The third kappa shape index (κ3) is 2.56. The first-order chi connectivity index (χ1) is 8.90. The van der Waals surface area contributed by atoms with Crippen molar-refractivity contribution in [3.63, 3.8) is 0 Å². The van der Waals surface area contributed by atoms with Gasteiger partial charge in [-0.1, -0.05) is 17.7 Å². The molecule has 0 atom stereocenters.